The molecule has 0 radical (unpaired) electrons. The van der Waals surface area contributed by atoms with Crippen LogP contribution in [-0.2, 0) is 10.9 Å². The van der Waals surface area contributed by atoms with Crippen LogP contribution in [0.3, 0.4) is 0 Å². The van der Waals surface area contributed by atoms with E-state index in [1.807, 2.05) is 45.0 Å². The van der Waals surface area contributed by atoms with Crippen molar-refractivity contribution in [2.45, 2.75) is 45.1 Å². The van der Waals surface area contributed by atoms with Gasteiger partial charge in [-0.1, -0.05) is 24.8 Å². The standard InChI is InChI=1S/C23H23F3O2S/c1-5-27-15(2)14-22(3,4)28-17-10-11-18(19(13-17)23(24,25)26)21-12-16-8-6-7-9-20(16)29-21/h5-13,15H,1,14H2,2-4H3. The van der Waals surface area contributed by atoms with E-state index in [0.717, 1.165) is 16.2 Å². The normalized spacial score (nSPS) is 13.3. The molecule has 0 spiro atoms. The Morgan fingerprint density at radius 3 is 2.48 bits per heavy atom. The molecule has 2 aromatic carbocycles. The summed E-state index contributed by atoms with van der Waals surface area (Å²) in [5, 5.41) is 0.929. The maximum Gasteiger partial charge on any atom is 0.417 e. The molecule has 0 aliphatic rings. The molecule has 29 heavy (non-hydrogen) atoms. The van der Waals surface area contributed by atoms with Gasteiger partial charge < -0.3 is 9.47 Å². The highest BCUT2D eigenvalue weighted by atomic mass is 32.1. The van der Waals surface area contributed by atoms with E-state index in [0.29, 0.717) is 11.3 Å². The van der Waals surface area contributed by atoms with Crippen molar-refractivity contribution in [3.8, 4) is 16.2 Å². The molecule has 0 saturated carbocycles. The Morgan fingerprint density at radius 2 is 1.83 bits per heavy atom. The number of alkyl halides is 3. The van der Waals surface area contributed by atoms with Gasteiger partial charge in [0.1, 0.15) is 11.4 Å². The Balaban J connectivity index is 1.95. The maximum atomic E-state index is 13.8. The molecule has 0 N–H and O–H groups in total. The zero-order chi connectivity index (χ0) is 21.2. The molecule has 3 aromatic rings. The fraction of sp³-hybridized carbons (Fsp3) is 0.304. The lowest BCUT2D eigenvalue weighted by Gasteiger charge is -2.29. The lowest BCUT2D eigenvalue weighted by Crippen LogP contribution is -2.32. The Hall–Kier alpha value is -2.47. The molecule has 1 atom stereocenters. The molecule has 1 heterocycles. The van der Waals surface area contributed by atoms with Crippen LogP contribution in [0, 0.1) is 0 Å². The maximum absolute atomic E-state index is 13.8. The highest BCUT2D eigenvalue weighted by molar-refractivity contribution is 7.22. The molecule has 2 nitrogen and oxygen atoms in total. The number of rotatable bonds is 7. The number of hydrogen-bond donors (Lipinski definition) is 0. The predicted octanol–water partition coefficient (Wildman–Crippen LogP) is 7.68. The first-order chi connectivity index (χ1) is 13.6. The van der Waals surface area contributed by atoms with Crippen molar-refractivity contribution in [2.75, 3.05) is 0 Å². The first-order valence-electron chi connectivity index (χ1n) is 9.24. The number of benzene rings is 2. The van der Waals surface area contributed by atoms with Gasteiger partial charge in [-0.2, -0.15) is 13.2 Å². The van der Waals surface area contributed by atoms with E-state index in [4.69, 9.17) is 9.47 Å². The summed E-state index contributed by atoms with van der Waals surface area (Å²) in [6.45, 7) is 9.03. The number of hydrogen-bond acceptors (Lipinski definition) is 3. The summed E-state index contributed by atoms with van der Waals surface area (Å²) in [6, 6.07) is 13.5. The van der Waals surface area contributed by atoms with Crippen molar-refractivity contribution in [1.82, 2.24) is 0 Å². The minimum atomic E-state index is -4.49. The van der Waals surface area contributed by atoms with Crippen LogP contribution in [0.25, 0.3) is 20.5 Å². The molecular weight excluding hydrogens is 397 g/mol. The lowest BCUT2D eigenvalue weighted by molar-refractivity contribution is -0.137. The third-order valence-corrected chi connectivity index (χ3v) is 5.64. The Morgan fingerprint density at radius 1 is 1.10 bits per heavy atom. The van der Waals surface area contributed by atoms with E-state index in [9.17, 15) is 13.2 Å². The van der Waals surface area contributed by atoms with Gasteiger partial charge in [0, 0.05) is 21.6 Å². The Kier molecular flexibility index (Phi) is 5.94. The second kappa shape index (κ2) is 8.11. The summed E-state index contributed by atoms with van der Waals surface area (Å²) < 4.78 is 53.6. The van der Waals surface area contributed by atoms with Gasteiger partial charge >= 0.3 is 6.18 Å². The van der Waals surface area contributed by atoms with Gasteiger partial charge in [-0.25, -0.2) is 0 Å². The zero-order valence-electron chi connectivity index (χ0n) is 16.5. The molecule has 1 aromatic heterocycles. The van der Waals surface area contributed by atoms with Gasteiger partial charge in [-0.05, 0) is 56.5 Å². The van der Waals surface area contributed by atoms with Crippen LogP contribution in [0.1, 0.15) is 32.8 Å². The summed E-state index contributed by atoms with van der Waals surface area (Å²) in [5.41, 5.74) is -1.25. The molecule has 0 aliphatic carbocycles. The second-order valence-electron chi connectivity index (χ2n) is 7.53. The van der Waals surface area contributed by atoms with Crippen LogP contribution >= 0.6 is 11.3 Å². The van der Waals surface area contributed by atoms with Gasteiger partial charge in [-0.3, -0.25) is 0 Å². The van der Waals surface area contributed by atoms with E-state index in [1.54, 1.807) is 12.1 Å². The van der Waals surface area contributed by atoms with Gasteiger partial charge in [0.15, 0.2) is 0 Å². The minimum Gasteiger partial charge on any atom is -0.499 e. The number of thiophene rings is 1. The summed E-state index contributed by atoms with van der Waals surface area (Å²) in [5.74, 6) is 0.179. The number of ether oxygens (including phenoxy) is 2. The fourth-order valence-electron chi connectivity index (χ4n) is 3.42. The van der Waals surface area contributed by atoms with Crippen LogP contribution < -0.4 is 4.74 Å². The highest BCUT2D eigenvalue weighted by Gasteiger charge is 2.35. The molecule has 0 aliphatic heterocycles. The SMILES string of the molecule is C=COC(C)CC(C)(C)Oc1ccc(-c2cc3ccccc3s2)c(C(F)(F)F)c1. The summed E-state index contributed by atoms with van der Waals surface area (Å²) in [7, 11) is 0. The molecule has 0 amide bonds. The van der Waals surface area contributed by atoms with Gasteiger partial charge in [0.05, 0.1) is 17.9 Å². The van der Waals surface area contributed by atoms with E-state index in [-0.39, 0.29) is 17.4 Å². The average molecular weight is 420 g/mol. The van der Waals surface area contributed by atoms with E-state index < -0.39 is 17.3 Å². The largest absolute Gasteiger partial charge is 0.499 e. The molecule has 6 heteroatoms. The van der Waals surface area contributed by atoms with Crippen molar-refractivity contribution >= 4 is 21.4 Å². The molecule has 3 rings (SSSR count). The Labute approximate surface area is 172 Å². The van der Waals surface area contributed by atoms with Crippen LogP contribution in [-0.4, -0.2) is 11.7 Å². The summed E-state index contributed by atoms with van der Waals surface area (Å²) in [6.07, 6.45) is -2.81. The zero-order valence-corrected chi connectivity index (χ0v) is 17.4. The van der Waals surface area contributed by atoms with Crippen molar-refractivity contribution < 1.29 is 22.6 Å². The van der Waals surface area contributed by atoms with Gasteiger partial charge in [0.2, 0.25) is 0 Å². The average Bonchev–Trinajstić information content (AvgIpc) is 3.04. The van der Waals surface area contributed by atoms with Crippen LogP contribution in [0.5, 0.6) is 5.75 Å². The fourth-order valence-corrected chi connectivity index (χ4v) is 4.52. The third-order valence-electron chi connectivity index (χ3n) is 4.49. The number of halogens is 3. The summed E-state index contributed by atoms with van der Waals surface area (Å²) in [4.78, 5) is 0.581. The molecule has 0 bridgehead atoms. The van der Waals surface area contributed by atoms with E-state index >= 15 is 0 Å². The van der Waals surface area contributed by atoms with Gasteiger partial charge in [0.25, 0.3) is 0 Å². The monoisotopic (exact) mass is 420 g/mol. The van der Waals surface area contributed by atoms with Crippen molar-refractivity contribution in [1.29, 1.82) is 0 Å². The van der Waals surface area contributed by atoms with Crippen molar-refractivity contribution in [3.05, 3.63) is 66.9 Å². The molecule has 0 fully saturated rings. The first-order valence-corrected chi connectivity index (χ1v) is 10.1. The summed E-state index contributed by atoms with van der Waals surface area (Å²) >= 11 is 1.35. The molecule has 1 unspecified atom stereocenters. The molecule has 0 saturated heterocycles. The minimum absolute atomic E-state index is 0.159. The van der Waals surface area contributed by atoms with Crippen LogP contribution in [0.2, 0.25) is 0 Å². The number of fused-ring (bicyclic) bond motifs is 1. The predicted molar refractivity (Wildman–Crippen MR) is 112 cm³/mol. The van der Waals surface area contributed by atoms with E-state index in [1.165, 1.54) is 23.7 Å². The van der Waals surface area contributed by atoms with Crippen molar-refractivity contribution in [2.24, 2.45) is 0 Å². The first kappa shape index (κ1) is 21.2. The van der Waals surface area contributed by atoms with Gasteiger partial charge in [-0.15, -0.1) is 11.3 Å². The molecule has 154 valence electrons. The van der Waals surface area contributed by atoms with Crippen LogP contribution in [0.15, 0.2) is 61.4 Å². The third kappa shape index (κ3) is 5.12. The highest BCUT2D eigenvalue weighted by Crippen LogP contribution is 2.43. The second-order valence-corrected chi connectivity index (χ2v) is 8.62. The quantitative estimate of drug-likeness (QED) is 0.365. The topological polar surface area (TPSA) is 18.5 Å². The van der Waals surface area contributed by atoms with Crippen LogP contribution in [0.4, 0.5) is 13.2 Å². The lowest BCUT2D eigenvalue weighted by atomic mass is 10.0. The Bertz CT molecular complexity index is 972. The smallest absolute Gasteiger partial charge is 0.417 e. The molecular formula is C23H23F3O2S. The van der Waals surface area contributed by atoms with Crippen molar-refractivity contribution in [3.63, 3.8) is 0 Å². The van der Waals surface area contributed by atoms with E-state index in [2.05, 4.69) is 6.58 Å².